The summed E-state index contributed by atoms with van der Waals surface area (Å²) >= 11 is 0. The van der Waals surface area contributed by atoms with Gasteiger partial charge in [-0.2, -0.15) is 0 Å². The lowest BCUT2D eigenvalue weighted by Gasteiger charge is -2.41. The minimum Gasteiger partial charge on any atom is -0.382 e. The normalized spacial score (nSPS) is 18.4. The van der Waals surface area contributed by atoms with Gasteiger partial charge in [-0.15, -0.1) is 0 Å². The van der Waals surface area contributed by atoms with Crippen LogP contribution < -0.4 is 0 Å². The van der Waals surface area contributed by atoms with Crippen LogP contribution in [0.1, 0.15) is 11.1 Å². The second-order valence-corrected chi connectivity index (χ2v) is 7.22. The molecule has 2 aromatic rings. The summed E-state index contributed by atoms with van der Waals surface area (Å²) in [6.45, 7) is 7.21. The van der Waals surface area contributed by atoms with Gasteiger partial charge in [-0.3, -0.25) is 9.80 Å². The molecule has 1 unspecified atom stereocenters. The van der Waals surface area contributed by atoms with E-state index in [1.807, 2.05) is 0 Å². The van der Waals surface area contributed by atoms with Crippen molar-refractivity contribution in [1.82, 2.24) is 9.80 Å². The molecule has 1 aliphatic rings. The second kappa shape index (κ2) is 11.9. The zero-order valence-corrected chi connectivity index (χ0v) is 16.8. The molecule has 0 amide bonds. The molecule has 1 atom stereocenters. The number of benzene rings is 2. The van der Waals surface area contributed by atoms with Gasteiger partial charge >= 0.3 is 0 Å². The third-order valence-electron chi connectivity index (χ3n) is 5.07. The van der Waals surface area contributed by atoms with Crippen LogP contribution in [0.4, 0.5) is 0 Å². The summed E-state index contributed by atoms with van der Waals surface area (Å²) in [6, 6.07) is 21.7. The van der Waals surface area contributed by atoms with Crippen LogP contribution in [-0.2, 0) is 27.3 Å². The first kappa shape index (κ1) is 21.0. The largest absolute Gasteiger partial charge is 0.382 e. The van der Waals surface area contributed by atoms with Crippen molar-refractivity contribution in [3.8, 4) is 0 Å². The molecule has 1 fully saturated rings. The number of hydrogen-bond acceptors (Lipinski definition) is 5. The molecule has 0 bridgehead atoms. The van der Waals surface area contributed by atoms with Crippen molar-refractivity contribution in [3.63, 3.8) is 0 Å². The quantitative estimate of drug-likeness (QED) is 0.439. The van der Waals surface area contributed by atoms with Gasteiger partial charge in [0.05, 0.1) is 19.8 Å². The van der Waals surface area contributed by atoms with Crippen LogP contribution in [0.25, 0.3) is 0 Å². The lowest BCUT2D eigenvalue weighted by molar-refractivity contribution is -0.0893. The third kappa shape index (κ3) is 7.00. The van der Waals surface area contributed by atoms with Gasteiger partial charge in [-0.1, -0.05) is 60.7 Å². The van der Waals surface area contributed by atoms with Gasteiger partial charge in [0.25, 0.3) is 0 Å². The summed E-state index contributed by atoms with van der Waals surface area (Å²) in [5.41, 5.74) is 2.71. The molecule has 0 saturated carbocycles. The molecule has 0 aliphatic carbocycles. The summed E-state index contributed by atoms with van der Waals surface area (Å²) in [6.07, 6.45) is 0. The Morgan fingerprint density at radius 2 is 1.50 bits per heavy atom. The van der Waals surface area contributed by atoms with Crippen LogP contribution in [0.3, 0.4) is 0 Å². The van der Waals surface area contributed by atoms with Gasteiger partial charge < -0.3 is 14.2 Å². The lowest BCUT2D eigenvalue weighted by atomic mass is 10.1. The molecular formula is C23H32N2O3. The summed E-state index contributed by atoms with van der Waals surface area (Å²) in [5, 5.41) is 0. The first-order valence-corrected chi connectivity index (χ1v) is 10.0. The number of ether oxygens (including phenoxy) is 3. The minimum absolute atomic E-state index is 0.317. The molecule has 152 valence electrons. The van der Waals surface area contributed by atoms with Crippen LogP contribution in [0, 0.1) is 0 Å². The monoisotopic (exact) mass is 384 g/mol. The SMILES string of the molecule is COCCOCOCC1CN(Cc2ccccc2)CCN1Cc1ccccc1. The molecule has 5 nitrogen and oxygen atoms in total. The van der Waals surface area contributed by atoms with E-state index in [1.165, 1.54) is 11.1 Å². The Kier molecular flexibility index (Phi) is 8.94. The van der Waals surface area contributed by atoms with Gasteiger partial charge in [0.1, 0.15) is 6.79 Å². The minimum atomic E-state index is 0.317. The Hall–Kier alpha value is -1.76. The third-order valence-corrected chi connectivity index (χ3v) is 5.07. The van der Waals surface area contributed by atoms with Crippen LogP contribution in [0.5, 0.6) is 0 Å². The lowest BCUT2D eigenvalue weighted by Crippen LogP contribution is -2.54. The smallest absolute Gasteiger partial charge is 0.146 e. The standard InChI is InChI=1S/C23H32N2O3/c1-26-14-15-27-20-28-19-23-18-24(16-21-8-4-2-5-9-21)12-13-25(23)17-22-10-6-3-7-11-22/h2-11,23H,12-20H2,1H3. The molecule has 0 aromatic heterocycles. The molecule has 0 spiro atoms. The van der Waals surface area contributed by atoms with Crippen molar-refractivity contribution in [1.29, 1.82) is 0 Å². The Morgan fingerprint density at radius 3 is 2.18 bits per heavy atom. The Labute approximate surface area is 168 Å². The fourth-order valence-electron chi connectivity index (χ4n) is 3.57. The maximum atomic E-state index is 5.84. The van der Waals surface area contributed by atoms with E-state index < -0.39 is 0 Å². The zero-order chi connectivity index (χ0) is 19.4. The molecule has 5 heteroatoms. The van der Waals surface area contributed by atoms with Crippen molar-refractivity contribution in [3.05, 3.63) is 71.8 Å². The molecule has 1 heterocycles. The van der Waals surface area contributed by atoms with E-state index in [9.17, 15) is 0 Å². The maximum absolute atomic E-state index is 5.84. The van der Waals surface area contributed by atoms with Crippen LogP contribution in [-0.4, -0.2) is 69.2 Å². The van der Waals surface area contributed by atoms with Crippen LogP contribution in [0.2, 0.25) is 0 Å². The molecule has 0 N–H and O–H groups in total. The first-order chi connectivity index (χ1) is 13.8. The highest BCUT2D eigenvalue weighted by molar-refractivity contribution is 5.16. The fourth-order valence-corrected chi connectivity index (χ4v) is 3.57. The first-order valence-electron chi connectivity index (χ1n) is 10.0. The predicted molar refractivity (Wildman–Crippen MR) is 111 cm³/mol. The van der Waals surface area contributed by atoms with Gasteiger partial charge in [-0.05, 0) is 11.1 Å². The van der Waals surface area contributed by atoms with E-state index in [2.05, 4.69) is 70.5 Å². The van der Waals surface area contributed by atoms with E-state index in [-0.39, 0.29) is 0 Å². The maximum Gasteiger partial charge on any atom is 0.146 e. The van der Waals surface area contributed by atoms with Gasteiger partial charge in [0.2, 0.25) is 0 Å². The van der Waals surface area contributed by atoms with Crippen molar-refractivity contribution in [2.24, 2.45) is 0 Å². The molecule has 3 rings (SSSR count). The van der Waals surface area contributed by atoms with E-state index in [0.717, 1.165) is 32.7 Å². The summed E-state index contributed by atoms with van der Waals surface area (Å²) in [7, 11) is 1.68. The molecule has 2 aromatic carbocycles. The Morgan fingerprint density at radius 1 is 0.821 bits per heavy atom. The van der Waals surface area contributed by atoms with Gasteiger partial charge in [0.15, 0.2) is 0 Å². The molecular weight excluding hydrogens is 352 g/mol. The van der Waals surface area contributed by atoms with Gasteiger partial charge in [0, 0.05) is 45.9 Å². The highest BCUT2D eigenvalue weighted by Gasteiger charge is 2.27. The van der Waals surface area contributed by atoms with Crippen molar-refractivity contribution < 1.29 is 14.2 Å². The van der Waals surface area contributed by atoms with Crippen molar-refractivity contribution >= 4 is 0 Å². The van der Waals surface area contributed by atoms with Crippen LogP contribution in [0.15, 0.2) is 60.7 Å². The Bertz CT molecular complexity index is 653. The Balaban J connectivity index is 1.54. The van der Waals surface area contributed by atoms with E-state index >= 15 is 0 Å². The number of rotatable bonds is 11. The van der Waals surface area contributed by atoms with E-state index in [1.54, 1.807) is 7.11 Å². The van der Waals surface area contributed by atoms with E-state index in [4.69, 9.17) is 14.2 Å². The number of nitrogens with zero attached hydrogens (tertiary/aromatic N) is 2. The number of piperazine rings is 1. The highest BCUT2D eigenvalue weighted by Crippen LogP contribution is 2.17. The summed E-state index contributed by atoms with van der Waals surface area (Å²) < 4.78 is 16.3. The van der Waals surface area contributed by atoms with E-state index in [0.29, 0.717) is 32.7 Å². The summed E-state index contributed by atoms with van der Waals surface area (Å²) in [5.74, 6) is 0. The summed E-state index contributed by atoms with van der Waals surface area (Å²) in [4.78, 5) is 5.06. The van der Waals surface area contributed by atoms with Gasteiger partial charge in [-0.25, -0.2) is 0 Å². The fraction of sp³-hybridized carbons (Fsp3) is 0.478. The highest BCUT2D eigenvalue weighted by atomic mass is 16.7. The molecule has 1 saturated heterocycles. The zero-order valence-electron chi connectivity index (χ0n) is 16.8. The second-order valence-electron chi connectivity index (χ2n) is 7.22. The molecule has 28 heavy (non-hydrogen) atoms. The average Bonchev–Trinajstić information content (AvgIpc) is 2.74. The van der Waals surface area contributed by atoms with Crippen LogP contribution >= 0.6 is 0 Å². The molecule has 0 radical (unpaired) electrons. The van der Waals surface area contributed by atoms with Crippen molar-refractivity contribution in [2.45, 2.75) is 19.1 Å². The van der Waals surface area contributed by atoms with Crippen molar-refractivity contribution in [2.75, 3.05) is 53.4 Å². The average molecular weight is 385 g/mol. The number of methoxy groups -OCH3 is 1. The molecule has 1 aliphatic heterocycles. The topological polar surface area (TPSA) is 34.2 Å². The number of hydrogen-bond donors (Lipinski definition) is 0. The predicted octanol–water partition coefficient (Wildman–Crippen LogP) is 3.01.